The molecule has 1 amide bonds. The second kappa shape index (κ2) is 3.48. The van der Waals surface area contributed by atoms with Gasteiger partial charge in [-0.05, 0) is 12.8 Å². The van der Waals surface area contributed by atoms with Crippen molar-refractivity contribution in [1.82, 2.24) is 9.78 Å². The van der Waals surface area contributed by atoms with Crippen LogP contribution < -0.4 is 5.73 Å². The highest BCUT2D eigenvalue weighted by Crippen LogP contribution is 2.81. The third kappa shape index (κ3) is 1.22. The van der Waals surface area contributed by atoms with E-state index >= 15 is 0 Å². The molecule has 0 radical (unpaired) electrons. The number of carbonyl (C=O) groups excluding carboxylic acids is 1. The molecule has 0 spiro atoms. The van der Waals surface area contributed by atoms with Crippen LogP contribution in [0.2, 0.25) is 0 Å². The molecule has 4 rings (SSSR count). The number of nitrogens with zero attached hydrogens (tertiary/aromatic N) is 2. The van der Waals surface area contributed by atoms with E-state index in [4.69, 9.17) is 10.5 Å². The predicted molar refractivity (Wildman–Crippen MR) is 65.2 cm³/mol. The number of nitrogens with two attached hydrogens (primary N) is 1. The molecule has 3 heterocycles. The van der Waals surface area contributed by atoms with E-state index in [0.717, 1.165) is 4.68 Å². The molecule has 22 heavy (non-hydrogen) atoms. The van der Waals surface area contributed by atoms with Crippen LogP contribution in [-0.4, -0.2) is 32.7 Å². The molecule has 3 fully saturated rings. The fourth-order valence-electron chi connectivity index (χ4n) is 4.61. The summed E-state index contributed by atoms with van der Waals surface area (Å²) in [6.07, 6.45) is -3.41. The first-order chi connectivity index (χ1) is 10.1. The standard InChI is InChI=1S/C13H14F3N3O3/c1-19-4-6(8(18-19)13(14,15)16)10-5-11(10,9(17)20)12(21)3-2-7(10)22-12/h4,7,21H,2-3,5H2,1H3,(H2,17,20). The number of carbonyl (C=O) groups is 1. The van der Waals surface area contributed by atoms with Gasteiger partial charge in [-0.15, -0.1) is 0 Å². The molecule has 4 atom stereocenters. The molecule has 2 bridgehead atoms. The van der Waals surface area contributed by atoms with Gasteiger partial charge in [-0.1, -0.05) is 0 Å². The predicted octanol–water partition coefficient (Wildman–Crippen LogP) is 0.433. The fourth-order valence-corrected chi connectivity index (χ4v) is 4.61. The molecule has 1 aromatic rings. The zero-order valence-corrected chi connectivity index (χ0v) is 11.6. The Kier molecular flexibility index (Phi) is 2.22. The van der Waals surface area contributed by atoms with Crippen molar-refractivity contribution in [2.45, 2.75) is 42.7 Å². The monoisotopic (exact) mass is 317 g/mol. The average molecular weight is 317 g/mol. The molecule has 3 aliphatic rings. The van der Waals surface area contributed by atoms with Crippen LogP contribution in [0, 0.1) is 5.41 Å². The van der Waals surface area contributed by atoms with E-state index in [1.807, 2.05) is 0 Å². The second-order valence-electron chi connectivity index (χ2n) is 6.41. The molecule has 2 aliphatic heterocycles. The van der Waals surface area contributed by atoms with Crippen molar-refractivity contribution in [3.63, 3.8) is 0 Å². The molecule has 1 aliphatic carbocycles. The molecule has 1 saturated carbocycles. The summed E-state index contributed by atoms with van der Waals surface area (Å²) in [7, 11) is 1.38. The van der Waals surface area contributed by atoms with Crippen molar-refractivity contribution in [3.8, 4) is 0 Å². The topological polar surface area (TPSA) is 90.4 Å². The first kappa shape index (κ1) is 14.0. The number of primary amides is 1. The molecule has 0 aromatic carbocycles. The van der Waals surface area contributed by atoms with Crippen LogP contribution in [0.3, 0.4) is 0 Å². The largest absolute Gasteiger partial charge is 0.435 e. The van der Waals surface area contributed by atoms with E-state index < -0.39 is 40.5 Å². The zero-order chi connectivity index (χ0) is 16.1. The molecule has 1 aromatic heterocycles. The van der Waals surface area contributed by atoms with Crippen LogP contribution >= 0.6 is 0 Å². The van der Waals surface area contributed by atoms with Gasteiger partial charge >= 0.3 is 6.18 Å². The van der Waals surface area contributed by atoms with Crippen molar-refractivity contribution >= 4 is 5.91 Å². The summed E-state index contributed by atoms with van der Waals surface area (Å²) in [4.78, 5) is 12.0. The number of aryl methyl sites for hydroxylation is 1. The Labute approximate surface area is 123 Å². The van der Waals surface area contributed by atoms with E-state index in [9.17, 15) is 23.1 Å². The van der Waals surface area contributed by atoms with Crippen LogP contribution in [0.5, 0.6) is 0 Å². The number of aromatic nitrogens is 2. The molecular formula is C13H14F3N3O3. The van der Waals surface area contributed by atoms with E-state index in [-0.39, 0.29) is 18.4 Å². The zero-order valence-electron chi connectivity index (χ0n) is 11.6. The van der Waals surface area contributed by atoms with Crippen molar-refractivity contribution in [2.24, 2.45) is 18.2 Å². The molecule has 4 unspecified atom stereocenters. The van der Waals surface area contributed by atoms with Gasteiger partial charge in [-0.3, -0.25) is 9.48 Å². The Morgan fingerprint density at radius 2 is 2.27 bits per heavy atom. The van der Waals surface area contributed by atoms with Gasteiger partial charge in [0, 0.05) is 30.6 Å². The van der Waals surface area contributed by atoms with Gasteiger partial charge in [0.05, 0.1) is 6.10 Å². The average Bonchev–Trinajstić information content (AvgIpc) is 2.65. The SMILES string of the molecule is Cn1cc(C23CC2(C(N)=O)C2(O)CCC3O2)c(C(F)(F)F)n1. The first-order valence-corrected chi connectivity index (χ1v) is 6.90. The van der Waals surface area contributed by atoms with Gasteiger partial charge in [-0.2, -0.15) is 18.3 Å². The molecule has 120 valence electrons. The van der Waals surface area contributed by atoms with Gasteiger partial charge in [-0.25, -0.2) is 0 Å². The van der Waals surface area contributed by atoms with E-state index in [0.29, 0.717) is 6.42 Å². The van der Waals surface area contributed by atoms with Crippen LogP contribution in [-0.2, 0) is 28.2 Å². The Morgan fingerprint density at radius 3 is 2.86 bits per heavy atom. The van der Waals surface area contributed by atoms with Gasteiger partial charge in [0.25, 0.3) is 0 Å². The third-order valence-electron chi connectivity index (χ3n) is 5.48. The number of aliphatic hydroxyl groups is 1. The molecule has 6 nitrogen and oxygen atoms in total. The first-order valence-electron chi connectivity index (χ1n) is 6.90. The Bertz CT molecular complexity index is 702. The number of alkyl halides is 3. The minimum Gasteiger partial charge on any atom is -0.369 e. The maximum Gasteiger partial charge on any atom is 0.435 e. The fraction of sp³-hybridized carbons (Fsp3) is 0.692. The van der Waals surface area contributed by atoms with E-state index in [2.05, 4.69) is 5.10 Å². The lowest BCUT2D eigenvalue weighted by Crippen LogP contribution is -2.48. The molecule has 3 N–H and O–H groups in total. The number of hydrogen-bond acceptors (Lipinski definition) is 4. The lowest BCUT2D eigenvalue weighted by atomic mass is 9.73. The lowest BCUT2D eigenvalue weighted by molar-refractivity contribution is -0.203. The summed E-state index contributed by atoms with van der Waals surface area (Å²) in [6.45, 7) is 0. The molecular weight excluding hydrogens is 303 g/mol. The summed E-state index contributed by atoms with van der Waals surface area (Å²) < 4.78 is 46.3. The van der Waals surface area contributed by atoms with E-state index in [1.54, 1.807) is 0 Å². The van der Waals surface area contributed by atoms with Crippen molar-refractivity contribution in [3.05, 3.63) is 17.5 Å². The van der Waals surface area contributed by atoms with E-state index in [1.165, 1.54) is 13.2 Å². The number of hydrogen-bond donors (Lipinski definition) is 2. The summed E-state index contributed by atoms with van der Waals surface area (Å²) in [5.74, 6) is -2.60. The highest BCUT2D eigenvalue weighted by Gasteiger charge is 2.91. The minimum atomic E-state index is -4.65. The summed E-state index contributed by atoms with van der Waals surface area (Å²) in [5.41, 5.74) is 1.57. The highest BCUT2D eigenvalue weighted by molar-refractivity contribution is 5.90. The third-order valence-corrected chi connectivity index (χ3v) is 5.48. The number of amides is 1. The number of halogens is 3. The van der Waals surface area contributed by atoms with Crippen molar-refractivity contribution in [1.29, 1.82) is 0 Å². The van der Waals surface area contributed by atoms with Gasteiger partial charge in [0.2, 0.25) is 5.91 Å². The molecule has 2 saturated heterocycles. The summed E-state index contributed by atoms with van der Waals surface area (Å²) in [6, 6.07) is 0. The lowest BCUT2D eigenvalue weighted by Gasteiger charge is -2.29. The Hall–Kier alpha value is -1.61. The van der Waals surface area contributed by atoms with Crippen molar-refractivity contribution < 1.29 is 27.8 Å². The summed E-state index contributed by atoms with van der Waals surface area (Å²) in [5, 5.41) is 14.1. The van der Waals surface area contributed by atoms with Gasteiger partial charge in [0.1, 0.15) is 5.41 Å². The number of ether oxygens (including phenoxy) is 1. The normalized spacial score (nSPS) is 42.5. The van der Waals surface area contributed by atoms with Crippen LogP contribution in [0.15, 0.2) is 6.20 Å². The Balaban J connectivity index is 1.94. The smallest absolute Gasteiger partial charge is 0.369 e. The van der Waals surface area contributed by atoms with Crippen LogP contribution in [0.4, 0.5) is 13.2 Å². The minimum absolute atomic E-state index is 0.0608. The van der Waals surface area contributed by atoms with Crippen molar-refractivity contribution in [2.75, 3.05) is 0 Å². The summed E-state index contributed by atoms with van der Waals surface area (Å²) >= 11 is 0. The van der Waals surface area contributed by atoms with Gasteiger partial charge in [0.15, 0.2) is 11.5 Å². The maximum absolute atomic E-state index is 13.3. The molecule has 9 heteroatoms. The highest BCUT2D eigenvalue weighted by atomic mass is 19.4. The number of fused-ring (bicyclic) bond motifs is 5. The number of rotatable bonds is 2. The van der Waals surface area contributed by atoms with Crippen LogP contribution in [0.1, 0.15) is 30.5 Å². The second-order valence-corrected chi connectivity index (χ2v) is 6.41. The maximum atomic E-state index is 13.3. The quantitative estimate of drug-likeness (QED) is 0.828. The van der Waals surface area contributed by atoms with Gasteiger partial charge < -0.3 is 15.6 Å². The Morgan fingerprint density at radius 1 is 1.59 bits per heavy atom. The van der Waals surface area contributed by atoms with Crippen LogP contribution in [0.25, 0.3) is 0 Å².